The summed E-state index contributed by atoms with van der Waals surface area (Å²) in [5.74, 6) is 1.55. The van der Waals surface area contributed by atoms with E-state index in [1.165, 1.54) is 11.1 Å². The van der Waals surface area contributed by atoms with Crippen LogP contribution < -0.4 is 0 Å². The van der Waals surface area contributed by atoms with Crippen molar-refractivity contribution in [2.45, 2.75) is 92.6 Å². The molecule has 0 spiro atoms. The second-order valence-corrected chi connectivity index (χ2v) is 13.0. The number of hydrogen-bond acceptors (Lipinski definition) is 4. The molecule has 0 bridgehead atoms. The molecular weight excluding hydrogens is 424 g/mol. The van der Waals surface area contributed by atoms with Crippen molar-refractivity contribution in [2.24, 2.45) is 39.4 Å². The highest BCUT2D eigenvalue weighted by Gasteiger charge is 2.66. The van der Waals surface area contributed by atoms with Gasteiger partial charge in [-0.05, 0) is 83.8 Å². The number of hydrogen-bond donors (Lipinski definition) is 3. The molecule has 0 aromatic carbocycles. The van der Waals surface area contributed by atoms with Crippen LogP contribution in [0.5, 0.6) is 0 Å². The predicted octanol–water partition coefficient (Wildman–Crippen LogP) is 5.38. The van der Waals surface area contributed by atoms with E-state index in [4.69, 9.17) is 0 Å². The van der Waals surface area contributed by atoms with Crippen LogP contribution in [0.3, 0.4) is 0 Å². The zero-order valence-electron chi connectivity index (χ0n) is 22.2. The summed E-state index contributed by atoms with van der Waals surface area (Å²) in [5, 5.41) is 30.3. The molecular formula is C30H46O4. The Bertz CT molecular complexity index is 920. The second kappa shape index (κ2) is 8.71. The van der Waals surface area contributed by atoms with Gasteiger partial charge in [0.15, 0.2) is 0 Å². The third kappa shape index (κ3) is 3.46. The van der Waals surface area contributed by atoms with E-state index in [1.807, 2.05) is 6.08 Å². The first-order chi connectivity index (χ1) is 15.9. The van der Waals surface area contributed by atoms with E-state index in [-0.39, 0.29) is 41.0 Å². The Hall–Kier alpha value is -1.23. The van der Waals surface area contributed by atoms with Crippen LogP contribution in [0.25, 0.3) is 0 Å². The van der Waals surface area contributed by atoms with Gasteiger partial charge in [0, 0.05) is 17.3 Å². The monoisotopic (exact) mass is 470 g/mol. The number of carbonyl (C=O) groups excluding carboxylic acids is 1. The fourth-order valence-corrected chi connectivity index (χ4v) is 8.68. The highest BCUT2D eigenvalue weighted by Crippen LogP contribution is 2.71. The van der Waals surface area contributed by atoms with E-state index < -0.39 is 0 Å². The number of ketones is 1. The SMILES string of the molecule is C[C@H](CCC=C(CO)CO)[C@H]1C[C@@H](O)[C@@]2(C)C3=CC[C@H]4C(C)(C)C(=O)CC[C@]4(C)C3=CC[C@]12C. The quantitative estimate of drug-likeness (QED) is 0.456. The molecule has 4 aliphatic carbocycles. The average Bonchev–Trinajstić information content (AvgIpc) is 3.01. The van der Waals surface area contributed by atoms with E-state index >= 15 is 0 Å². The van der Waals surface area contributed by atoms with Crippen molar-refractivity contribution in [3.05, 3.63) is 34.9 Å². The molecule has 7 atom stereocenters. The predicted molar refractivity (Wildman–Crippen MR) is 136 cm³/mol. The van der Waals surface area contributed by atoms with Gasteiger partial charge >= 0.3 is 0 Å². The number of aliphatic hydroxyl groups excluding tert-OH is 3. The van der Waals surface area contributed by atoms with Crippen LogP contribution in [0.1, 0.15) is 86.5 Å². The van der Waals surface area contributed by atoms with Crippen molar-refractivity contribution in [1.29, 1.82) is 0 Å². The zero-order valence-corrected chi connectivity index (χ0v) is 22.2. The minimum Gasteiger partial charge on any atom is -0.392 e. The smallest absolute Gasteiger partial charge is 0.138 e. The Kier molecular flexibility index (Phi) is 6.62. The molecule has 4 nitrogen and oxygen atoms in total. The van der Waals surface area contributed by atoms with Crippen LogP contribution in [-0.2, 0) is 4.79 Å². The van der Waals surface area contributed by atoms with Gasteiger partial charge in [-0.25, -0.2) is 0 Å². The molecule has 0 aliphatic heterocycles. The molecule has 0 aromatic heterocycles. The van der Waals surface area contributed by atoms with Gasteiger partial charge in [-0.15, -0.1) is 0 Å². The van der Waals surface area contributed by atoms with Crippen LogP contribution in [-0.4, -0.2) is 40.4 Å². The summed E-state index contributed by atoms with van der Waals surface area (Å²) in [5.41, 5.74) is 2.83. The topological polar surface area (TPSA) is 77.8 Å². The van der Waals surface area contributed by atoms with Crippen LogP contribution in [0.2, 0.25) is 0 Å². The molecule has 0 aromatic rings. The molecule has 0 radical (unpaired) electrons. The largest absolute Gasteiger partial charge is 0.392 e. The lowest BCUT2D eigenvalue weighted by atomic mass is 9.44. The molecule has 4 heteroatoms. The number of Topliss-reactive ketones (excluding diaryl/α,β-unsaturated/α-hetero) is 1. The van der Waals surface area contributed by atoms with E-state index in [0.717, 1.165) is 38.5 Å². The average molecular weight is 471 g/mol. The van der Waals surface area contributed by atoms with Crippen LogP contribution in [0, 0.1) is 39.4 Å². The number of fused-ring (bicyclic) bond motifs is 5. The summed E-state index contributed by atoms with van der Waals surface area (Å²) in [6.45, 7) is 13.5. The van der Waals surface area contributed by atoms with Gasteiger partial charge in [-0.3, -0.25) is 4.79 Å². The van der Waals surface area contributed by atoms with Gasteiger partial charge in [-0.2, -0.15) is 0 Å². The molecule has 4 aliphatic rings. The highest BCUT2D eigenvalue weighted by molar-refractivity contribution is 5.86. The number of carbonyl (C=O) groups is 1. The van der Waals surface area contributed by atoms with Crippen molar-refractivity contribution >= 4 is 5.78 Å². The molecule has 2 fully saturated rings. The fourth-order valence-electron chi connectivity index (χ4n) is 8.68. The molecule has 0 amide bonds. The lowest BCUT2D eigenvalue weighted by Gasteiger charge is -2.60. The normalized spacial score (nSPS) is 41.6. The zero-order chi connectivity index (χ0) is 25.1. The summed E-state index contributed by atoms with van der Waals surface area (Å²) in [6.07, 6.45) is 12.5. The lowest BCUT2D eigenvalue weighted by Crippen LogP contribution is -2.54. The summed E-state index contributed by atoms with van der Waals surface area (Å²) in [6, 6.07) is 0. The Labute approximate surface area is 206 Å². The van der Waals surface area contributed by atoms with Gasteiger partial charge in [0.05, 0.1) is 19.3 Å². The van der Waals surface area contributed by atoms with Gasteiger partial charge in [-0.1, -0.05) is 59.8 Å². The third-order valence-electron chi connectivity index (χ3n) is 11.3. The van der Waals surface area contributed by atoms with Gasteiger partial charge in [0.2, 0.25) is 0 Å². The highest BCUT2D eigenvalue weighted by atomic mass is 16.3. The van der Waals surface area contributed by atoms with E-state index in [0.29, 0.717) is 35.5 Å². The summed E-state index contributed by atoms with van der Waals surface area (Å²) >= 11 is 0. The van der Waals surface area contributed by atoms with E-state index in [1.54, 1.807) is 0 Å². The van der Waals surface area contributed by atoms with E-state index in [9.17, 15) is 20.1 Å². The van der Waals surface area contributed by atoms with Crippen molar-refractivity contribution in [2.75, 3.05) is 13.2 Å². The number of aliphatic hydroxyl groups is 3. The van der Waals surface area contributed by atoms with Crippen molar-refractivity contribution in [3.8, 4) is 0 Å². The van der Waals surface area contributed by atoms with Crippen LogP contribution in [0.4, 0.5) is 0 Å². The molecule has 190 valence electrons. The van der Waals surface area contributed by atoms with Gasteiger partial charge in [0.25, 0.3) is 0 Å². The van der Waals surface area contributed by atoms with Crippen molar-refractivity contribution in [3.63, 3.8) is 0 Å². The number of allylic oxidation sites excluding steroid dienone is 4. The Morgan fingerprint density at radius 1 is 1.12 bits per heavy atom. The molecule has 3 N–H and O–H groups in total. The molecule has 0 saturated heterocycles. The maximum absolute atomic E-state index is 12.8. The maximum atomic E-state index is 12.8. The fraction of sp³-hybridized carbons (Fsp3) is 0.767. The molecule has 0 unspecified atom stereocenters. The molecule has 2 saturated carbocycles. The van der Waals surface area contributed by atoms with Crippen molar-refractivity contribution in [1.82, 2.24) is 0 Å². The first-order valence-electron chi connectivity index (χ1n) is 13.4. The standard InChI is InChI=1S/C30H46O4/c1-19(8-7-9-20(17-31)18-32)23-16-26(34)30(6)22-10-11-24-27(2,3)25(33)13-14-28(24,4)21(22)12-15-29(23,30)5/h9-10,12,19,23-24,26,31-32,34H,7-8,11,13-18H2,1-6H3/t19-,23-,24+,26-,28-,29-,30-/m1/s1. The number of rotatable bonds is 6. The first-order valence-corrected chi connectivity index (χ1v) is 13.4. The first kappa shape index (κ1) is 25.9. The summed E-state index contributed by atoms with van der Waals surface area (Å²) in [7, 11) is 0. The maximum Gasteiger partial charge on any atom is 0.138 e. The Balaban J connectivity index is 1.66. The van der Waals surface area contributed by atoms with Crippen LogP contribution >= 0.6 is 0 Å². The van der Waals surface area contributed by atoms with Crippen molar-refractivity contribution < 1.29 is 20.1 Å². The molecule has 34 heavy (non-hydrogen) atoms. The molecule has 4 rings (SSSR count). The lowest BCUT2D eigenvalue weighted by molar-refractivity contribution is -0.138. The Morgan fingerprint density at radius 3 is 2.44 bits per heavy atom. The Morgan fingerprint density at radius 2 is 1.79 bits per heavy atom. The minimum absolute atomic E-state index is 0.00889. The second-order valence-electron chi connectivity index (χ2n) is 13.0. The van der Waals surface area contributed by atoms with Gasteiger partial charge in [0.1, 0.15) is 5.78 Å². The molecule has 0 heterocycles. The third-order valence-corrected chi connectivity index (χ3v) is 11.3. The van der Waals surface area contributed by atoms with Crippen LogP contribution in [0.15, 0.2) is 34.9 Å². The minimum atomic E-state index is -0.376. The van der Waals surface area contributed by atoms with E-state index in [2.05, 4.69) is 53.7 Å². The summed E-state index contributed by atoms with van der Waals surface area (Å²) < 4.78 is 0. The summed E-state index contributed by atoms with van der Waals surface area (Å²) in [4.78, 5) is 12.8. The van der Waals surface area contributed by atoms with Gasteiger partial charge < -0.3 is 15.3 Å².